The summed E-state index contributed by atoms with van der Waals surface area (Å²) in [5.41, 5.74) is 1.34. The monoisotopic (exact) mass is 250 g/mol. The molecule has 1 heterocycles. The summed E-state index contributed by atoms with van der Waals surface area (Å²) in [7, 11) is 1.63. The molecule has 100 valence electrons. The average Bonchev–Trinajstić information content (AvgIpc) is 2.87. The number of nitrogens with zero attached hydrogens (tertiary/aromatic N) is 2. The second kappa shape index (κ2) is 5.00. The second-order valence-corrected chi connectivity index (χ2v) is 5.68. The van der Waals surface area contributed by atoms with Crippen LogP contribution in [0.1, 0.15) is 33.1 Å². The summed E-state index contributed by atoms with van der Waals surface area (Å²) < 4.78 is 1.66. The molecule has 18 heavy (non-hydrogen) atoms. The number of anilines is 1. The van der Waals surface area contributed by atoms with Gasteiger partial charge < -0.3 is 10.6 Å². The first-order chi connectivity index (χ1) is 8.51. The van der Waals surface area contributed by atoms with Crippen molar-refractivity contribution < 1.29 is 4.79 Å². The average molecular weight is 250 g/mol. The molecule has 2 rings (SSSR count). The van der Waals surface area contributed by atoms with Gasteiger partial charge in [-0.3, -0.25) is 9.48 Å². The summed E-state index contributed by atoms with van der Waals surface area (Å²) in [4.78, 5) is 11.2. The van der Waals surface area contributed by atoms with Gasteiger partial charge in [0, 0.05) is 19.3 Å². The standard InChI is InChI=1S/C13H22N4O/c1-13(2)6-4-5-11(13)16-10-7-15-17(8-10)9-12(18)14-3/h7-8,11,16H,4-6,9H2,1-3H3,(H,14,18). The smallest absolute Gasteiger partial charge is 0.241 e. The quantitative estimate of drug-likeness (QED) is 0.853. The Balaban J connectivity index is 1.96. The second-order valence-electron chi connectivity index (χ2n) is 5.68. The molecule has 1 aromatic heterocycles. The number of likely N-dealkylation sites (N-methyl/N-ethyl adjacent to an activating group) is 1. The van der Waals surface area contributed by atoms with E-state index >= 15 is 0 Å². The molecular formula is C13H22N4O. The maximum absolute atomic E-state index is 11.2. The first kappa shape index (κ1) is 12.9. The molecule has 1 aliphatic rings. The lowest BCUT2D eigenvalue weighted by Crippen LogP contribution is -2.30. The fourth-order valence-electron chi connectivity index (χ4n) is 2.55. The fourth-order valence-corrected chi connectivity index (χ4v) is 2.55. The van der Waals surface area contributed by atoms with E-state index < -0.39 is 0 Å². The highest BCUT2D eigenvalue weighted by Crippen LogP contribution is 2.38. The molecule has 0 bridgehead atoms. The molecule has 1 aromatic rings. The van der Waals surface area contributed by atoms with Crippen molar-refractivity contribution in [3.8, 4) is 0 Å². The van der Waals surface area contributed by atoms with Gasteiger partial charge >= 0.3 is 0 Å². The molecule has 0 aliphatic heterocycles. The number of carbonyl (C=O) groups excluding carboxylic acids is 1. The molecule has 1 aliphatic carbocycles. The van der Waals surface area contributed by atoms with Crippen molar-refractivity contribution in [1.29, 1.82) is 0 Å². The summed E-state index contributed by atoms with van der Waals surface area (Å²) in [5, 5.41) is 10.3. The summed E-state index contributed by atoms with van der Waals surface area (Å²) in [6.07, 6.45) is 7.42. The van der Waals surface area contributed by atoms with E-state index in [1.807, 2.05) is 6.20 Å². The van der Waals surface area contributed by atoms with Gasteiger partial charge in [0.25, 0.3) is 0 Å². The zero-order chi connectivity index (χ0) is 13.2. The van der Waals surface area contributed by atoms with Gasteiger partial charge in [0.2, 0.25) is 5.91 Å². The van der Waals surface area contributed by atoms with Gasteiger partial charge in [0.1, 0.15) is 6.54 Å². The first-order valence-electron chi connectivity index (χ1n) is 6.51. The normalized spacial score (nSPS) is 21.8. The van der Waals surface area contributed by atoms with E-state index in [9.17, 15) is 4.79 Å². The lowest BCUT2D eigenvalue weighted by molar-refractivity contribution is -0.121. The minimum atomic E-state index is -0.0363. The van der Waals surface area contributed by atoms with Gasteiger partial charge in [0.05, 0.1) is 11.9 Å². The van der Waals surface area contributed by atoms with E-state index in [0.717, 1.165) is 5.69 Å². The van der Waals surface area contributed by atoms with Crippen molar-refractivity contribution in [2.75, 3.05) is 12.4 Å². The molecule has 0 spiro atoms. The van der Waals surface area contributed by atoms with Crippen molar-refractivity contribution in [2.24, 2.45) is 5.41 Å². The van der Waals surface area contributed by atoms with E-state index in [-0.39, 0.29) is 12.5 Å². The fraction of sp³-hybridized carbons (Fsp3) is 0.692. The summed E-state index contributed by atoms with van der Waals surface area (Å²) in [6.45, 7) is 4.87. The lowest BCUT2D eigenvalue weighted by Gasteiger charge is -2.28. The molecule has 1 atom stereocenters. The Morgan fingerprint density at radius 3 is 3.00 bits per heavy atom. The number of amides is 1. The SMILES string of the molecule is CNC(=O)Cn1cc(NC2CCCC2(C)C)cn1. The number of nitrogens with one attached hydrogen (secondary N) is 2. The molecule has 5 nitrogen and oxygen atoms in total. The zero-order valence-electron chi connectivity index (χ0n) is 11.4. The Kier molecular flexibility index (Phi) is 3.59. The molecule has 1 fully saturated rings. The molecule has 1 unspecified atom stereocenters. The zero-order valence-corrected chi connectivity index (χ0v) is 11.4. The summed E-state index contributed by atoms with van der Waals surface area (Å²) in [5.74, 6) is -0.0363. The Labute approximate surface area is 108 Å². The molecule has 2 N–H and O–H groups in total. The number of hydrogen-bond acceptors (Lipinski definition) is 3. The molecular weight excluding hydrogens is 228 g/mol. The van der Waals surface area contributed by atoms with Crippen LogP contribution in [-0.2, 0) is 11.3 Å². The van der Waals surface area contributed by atoms with Crippen LogP contribution in [0.25, 0.3) is 0 Å². The minimum absolute atomic E-state index is 0.0363. The van der Waals surface area contributed by atoms with Crippen LogP contribution in [0.4, 0.5) is 5.69 Å². The van der Waals surface area contributed by atoms with Gasteiger partial charge in [0.15, 0.2) is 0 Å². The van der Waals surface area contributed by atoms with Crippen LogP contribution < -0.4 is 10.6 Å². The minimum Gasteiger partial charge on any atom is -0.379 e. The predicted octanol–water partition coefficient (Wildman–Crippen LogP) is 1.62. The van der Waals surface area contributed by atoms with Gasteiger partial charge in [-0.1, -0.05) is 20.3 Å². The third-order valence-electron chi connectivity index (χ3n) is 3.82. The largest absolute Gasteiger partial charge is 0.379 e. The molecule has 0 saturated heterocycles. The van der Waals surface area contributed by atoms with E-state index in [2.05, 4.69) is 29.6 Å². The van der Waals surface area contributed by atoms with Gasteiger partial charge in [-0.05, 0) is 18.3 Å². The van der Waals surface area contributed by atoms with Gasteiger partial charge in [-0.15, -0.1) is 0 Å². The van der Waals surface area contributed by atoms with E-state index in [4.69, 9.17) is 0 Å². The van der Waals surface area contributed by atoms with Crippen LogP contribution in [0.2, 0.25) is 0 Å². The van der Waals surface area contributed by atoms with Crippen LogP contribution in [-0.4, -0.2) is 28.8 Å². The van der Waals surface area contributed by atoms with Crippen LogP contribution in [0.3, 0.4) is 0 Å². The number of rotatable bonds is 4. The molecule has 0 radical (unpaired) electrons. The Bertz CT molecular complexity index is 424. The molecule has 0 aromatic carbocycles. The van der Waals surface area contributed by atoms with Crippen molar-refractivity contribution in [1.82, 2.24) is 15.1 Å². The van der Waals surface area contributed by atoms with Crippen molar-refractivity contribution >= 4 is 11.6 Å². The maximum atomic E-state index is 11.2. The highest BCUT2D eigenvalue weighted by atomic mass is 16.1. The third-order valence-corrected chi connectivity index (χ3v) is 3.82. The molecule has 5 heteroatoms. The highest BCUT2D eigenvalue weighted by molar-refractivity contribution is 5.75. The maximum Gasteiger partial charge on any atom is 0.241 e. The van der Waals surface area contributed by atoms with Crippen LogP contribution in [0, 0.1) is 5.41 Å². The van der Waals surface area contributed by atoms with Gasteiger partial charge in [-0.25, -0.2) is 0 Å². The topological polar surface area (TPSA) is 59.0 Å². The lowest BCUT2D eigenvalue weighted by atomic mass is 9.87. The van der Waals surface area contributed by atoms with E-state index in [0.29, 0.717) is 11.5 Å². The number of aromatic nitrogens is 2. The van der Waals surface area contributed by atoms with Crippen molar-refractivity contribution in [3.05, 3.63) is 12.4 Å². The van der Waals surface area contributed by atoms with Gasteiger partial charge in [-0.2, -0.15) is 5.10 Å². The van der Waals surface area contributed by atoms with E-state index in [1.54, 1.807) is 17.9 Å². The Hall–Kier alpha value is -1.52. The van der Waals surface area contributed by atoms with E-state index in [1.165, 1.54) is 19.3 Å². The van der Waals surface area contributed by atoms with Crippen LogP contribution >= 0.6 is 0 Å². The highest BCUT2D eigenvalue weighted by Gasteiger charge is 2.34. The van der Waals surface area contributed by atoms with Crippen LogP contribution in [0.15, 0.2) is 12.4 Å². The van der Waals surface area contributed by atoms with Crippen LogP contribution in [0.5, 0.6) is 0 Å². The number of carbonyl (C=O) groups is 1. The molecule has 1 saturated carbocycles. The predicted molar refractivity (Wildman–Crippen MR) is 71.3 cm³/mol. The first-order valence-corrected chi connectivity index (χ1v) is 6.51. The molecule has 1 amide bonds. The number of hydrogen-bond donors (Lipinski definition) is 2. The summed E-state index contributed by atoms with van der Waals surface area (Å²) >= 11 is 0. The van der Waals surface area contributed by atoms with Crippen molar-refractivity contribution in [2.45, 2.75) is 45.7 Å². The van der Waals surface area contributed by atoms with Crippen molar-refractivity contribution in [3.63, 3.8) is 0 Å². The Morgan fingerprint density at radius 2 is 2.39 bits per heavy atom. The third kappa shape index (κ3) is 2.83. The Morgan fingerprint density at radius 1 is 1.61 bits per heavy atom. The summed E-state index contributed by atoms with van der Waals surface area (Å²) in [6, 6.07) is 0.496.